The lowest BCUT2D eigenvalue weighted by atomic mass is 10.0. The molecule has 11 heteroatoms. The zero-order chi connectivity index (χ0) is 22.5. The van der Waals surface area contributed by atoms with Crippen LogP contribution in [0.4, 0.5) is 19.0 Å². The van der Waals surface area contributed by atoms with Crippen molar-refractivity contribution in [2.45, 2.75) is 64.2 Å². The van der Waals surface area contributed by atoms with Crippen LogP contribution in [0, 0.1) is 0 Å². The van der Waals surface area contributed by atoms with Crippen molar-refractivity contribution in [2.75, 3.05) is 4.90 Å². The van der Waals surface area contributed by atoms with Gasteiger partial charge < -0.3 is 4.90 Å². The van der Waals surface area contributed by atoms with Gasteiger partial charge in [-0.15, -0.1) is 10.2 Å². The van der Waals surface area contributed by atoms with Crippen LogP contribution in [0.3, 0.4) is 0 Å². The first-order chi connectivity index (χ1) is 15.4. The van der Waals surface area contributed by atoms with Crippen molar-refractivity contribution >= 4 is 11.9 Å². The number of anilines is 1. The Bertz CT molecular complexity index is 1160. The van der Waals surface area contributed by atoms with Crippen LogP contribution in [0.2, 0.25) is 0 Å². The maximum atomic E-state index is 13.5. The number of alkyl halides is 3. The molecular formula is C21H23F3N8. The zero-order valence-electron chi connectivity index (χ0n) is 17.8. The van der Waals surface area contributed by atoms with Crippen LogP contribution < -0.4 is 4.90 Å². The predicted molar refractivity (Wildman–Crippen MR) is 112 cm³/mol. The maximum absolute atomic E-state index is 13.5. The van der Waals surface area contributed by atoms with Crippen LogP contribution in [-0.2, 0) is 6.18 Å². The summed E-state index contributed by atoms with van der Waals surface area (Å²) in [6, 6.07) is 0.159. The Hall–Kier alpha value is -3.24. The second kappa shape index (κ2) is 7.72. The summed E-state index contributed by atoms with van der Waals surface area (Å²) in [5, 5.41) is 8.81. The lowest BCUT2D eigenvalue weighted by Crippen LogP contribution is -2.42. The van der Waals surface area contributed by atoms with Crippen molar-refractivity contribution in [3.05, 3.63) is 42.1 Å². The number of hydrogen-bond donors (Lipinski definition) is 0. The number of halogens is 3. The Morgan fingerprint density at radius 1 is 1.16 bits per heavy atom. The van der Waals surface area contributed by atoms with Gasteiger partial charge in [-0.25, -0.2) is 9.97 Å². The second-order valence-electron chi connectivity index (χ2n) is 8.02. The first-order valence-corrected chi connectivity index (χ1v) is 10.8. The number of hydrogen-bond acceptors (Lipinski definition) is 6. The zero-order valence-corrected chi connectivity index (χ0v) is 17.8. The molecule has 1 unspecified atom stereocenters. The highest BCUT2D eigenvalue weighted by Gasteiger charge is 2.41. The quantitative estimate of drug-likeness (QED) is 0.589. The van der Waals surface area contributed by atoms with Crippen molar-refractivity contribution in [1.29, 1.82) is 0 Å². The monoisotopic (exact) mass is 444 g/mol. The first-order valence-electron chi connectivity index (χ1n) is 10.8. The fourth-order valence-electron chi connectivity index (χ4n) is 4.79. The van der Waals surface area contributed by atoms with Crippen molar-refractivity contribution in [1.82, 2.24) is 34.3 Å². The van der Waals surface area contributed by atoms with Crippen LogP contribution in [-0.4, -0.2) is 40.3 Å². The topological polar surface area (TPSA) is 77.5 Å². The molecule has 0 bridgehead atoms. The number of rotatable bonds is 4. The van der Waals surface area contributed by atoms with E-state index in [0.29, 0.717) is 17.3 Å². The lowest BCUT2D eigenvalue weighted by molar-refractivity contribution is -0.146. The van der Waals surface area contributed by atoms with Crippen molar-refractivity contribution in [3.63, 3.8) is 0 Å². The Balaban J connectivity index is 1.73. The van der Waals surface area contributed by atoms with Gasteiger partial charge in [-0.2, -0.15) is 18.2 Å². The molecule has 32 heavy (non-hydrogen) atoms. The van der Waals surface area contributed by atoms with E-state index in [9.17, 15) is 13.2 Å². The van der Waals surface area contributed by atoms with Gasteiger partial charge in [0.2, 0.25) is 11.8 Å². The Labute approximate surface area is 182 Å². The summed E-state index contributed by atoms with van der Waals surface area (Å²) in [6.45, 7) is 3.97. The third-order valence-electron chi connectivity index (χ3n) is 6.10. The standard InChI is InChI=1S/C21H23F3N8/c1-3-7-16-28-29-18-14(4-2)31(13-8-5-6-9-13)17-15(32(16)18)12-26-20(27-17)30-11-10-25-19(30)21(22,23)24/h3,7,10-14H,4-6,8-9H2,1-2H3. The molecule has 0 spiro atoms. The largest absolute Gasteiger partial charge is 0.450 e. The summed E-state index contributed by atoms with van der Waals surface area (Å²) in [7, 11) is 0. The molecule has 0 N–H and O–H groups in total. The van der Waals surface area contributed by atoms with E-state index in [-0.39, 0.29) is 18.0 Å². The van der Waals surface area contributed by atoms with Gasteiger partial charge in [-0.3, -0.25) is 9.13 Å². The highest BCUT2D eigenvalue weighted by Crippen LogP contribution is 2.43. The molecule has 168 valence electrons. The molecule has 1 atom stereocenters. The Morgan fingerprint density at radius 2 is 1.94 bits per heavy atom. The highest BCUT2D eigenvalue weighted by molar-refractivity contribution is 5.65. The summed E-state index contributed by atoms with van der Waals surface area (Å²) in [5.74, 6) is 0.940. The van der Waals surface area contributed by atoms with Gasteiger partial charge >= 0.3 is 6.18 Å². The van der Waals surface area contributed by atoms with Gasteiger partial charge in [0.05, 0.1) is 12.2 Å². The van der Waals surface area contributed by atoms with Gasteiger partial charge in [-0.05, 0) is 32.3 Å². The molecule has 1 fully saturated rings. The number of nitrogens with zero attached hydrogens (tertiary/aromatic N) is 8. The lowest BCUT2D eigenvalue weighted by Gasteiger charge is -2.41. The van der Waals surface area contributed by atoms with E-state index in [0.717, 1.165) is 48.7 Å². The van der Waals surface area contributed by atoms with Gasteiger partial charge in [0.1, 0.15) is 5.69 Å². The molecule has 5 rings (SSSR count). The molecule has 0 aromatic carbocycles. The van der Waals surface area contributed by atoms with E-state index in [1.54, 1.807) is 6.20 Å². The number of allylic oxidation sites excluding steroid dienone is 1. The van der Waals surface area contributed by atoms with Crippen molar-refractivity contribution in [2.24, 2.45) is 0 Å². The third kappa shape index (κ3) is 3.18. The molecule has 3 aromatic rings. The van der Waals surface area contributed by atoms with E-state index >= 15 is 0 Å². The molecule has 0 radical (unpaired) electrons. The average Bonchev–Trinajstić information content (AvgIpc) is 3.52. The SMILES string of the molecule is CC=Cc1nnc2n1-c1cnc(-n3ccnc3C(F)(F)F)nc1N(C1CCCC1)C2CC. The maximum Gasteiger partial charge on any atom is 0.450 e. The molecule has 1 aliphatic carbocycles. The normalized spacial score (nSPS) is 19.0. The fourth-order valence-corrected chi connectivity index (χ4v) is 4.79. The minimum atomic E-state index is -4.61. The fraction of sp³-hybridized carbons (Fsp3) is 0.476. The van der Waals surface area contributed by atoms with E-state index in [1.807, 2.05) is 23.6 Å². The summed E-state index contributed by atoms with van der Waals surface area (Å²) in [4.78, 5) is 14.7. The van der Waals surface area contributed by atoms with Crippen LogP contribution in [0.25, 0.3) is 17.7 Å². The van der Waals surface area contributed by atoms with E-state index < -0.39 is 12.0 Å². The van der Waals surface area contributed by atoms with Crippen LogP contribution in [0.1, 0.15) is 69.5 Å². The minimum Gasteiger partial charge on any atom is -0.341 e. The molecule has 0 amide bonds. The Kier molecular flexibility index (Phi) is 4.98. The summed E-state index contributed by atoms with van der Waals surface area (Å²) < 4.78 is 43.2. The highest BCUT2D eigenvalue weighted by atomic mass is 19.4. The van der Waals surface area contributed by atoms with Crippen LogP contribution >= 0.6 is 0 Å². The minimum absolute atomic E-state index is 0.0597. The summed E-state index contributed by atoms with van der Waals surface area (Å²) in [5.41, 5.74) is 0.673. The molecule has 8 nitrogen and oxygen atoms in total. The van der Waals surface area contributed by atoms with Crippen molar-refractivity contribution in [3.8, 4) is 11.6 Å². The number of imidazole rings is 1. The number of aromatic nitrogens is 7. The van der Waals surface area contributed by atoms with Gasteiger partial charge in [-0.1, -0.05) is 25.8 Å². The Morgan fingerprint density at radius 3 is 2.62 bits per heavy atom. The molecule has 1 aliphatic heterocycles. The van der Waals surface area contributed by atoms with Gasteiger partial charge in [0, 0.05) is 18.4 Å². The number of fused-ring (bicyclic) bond motifs is 3. The van der Waals surface area contributed by atoms with Gasteiger partial charge in [0.15, 0.2) is 17.5 Å². The van der Waals surface area contributed by atoms with Crippen molar-refractivity contribution < 1.29 is 13.2 Å². The van der Waals surface area contributed by atoms with Crippen LogP contribution in [0.15, 0.2) is 24.7 Å². The van der Waals surface area contributed by atoms with E-state index in [4.69, 9.17) is 0 Å². The molecule has 3 aromatic heterocycles. The summed E-state index contributed by atoms with van der Waals surface area (Å²) in [6.07, 6.45) is 8.02. The molecule has 2 aliphatic rings. The van der Waals surface area contributed by atoms with Crippen LogP contribution in [0.5, 0.6) is 0 Å². The smallest absolute Gasteiger partial charge is 0.341 e. The first kappa shape index (κ1) is 20.7. The molecular weight excluding hydrogens is 421 g/mol. The third-order valence-corrected chi connectivity index (χ3v) is 6.10. The van der Waals surface area contributed by atoms with E-state index in [2.05, 4.69) is 37.0 Å². The van der Waals surface area contributed by atoms with E-state index in [1.165, 1.54) is 6.20 Å². The average molecular weight is 444 g/mol. The predicted octanol–water partition coefficient (Wildman–Crippen LogP) is 4.51. The summed E-state index contributed by atoms with van der Waals surface area (Å²) >= 11 is 0. The molecule has 4 heterocycles. The second-order valence-corrected chi connectivity index (χ2v) is 8.02. The molecule has 1 saturated carbocycles. The van der Waals surface area contributed by atoms with Gasteiger partial charge in [0.25, 0.3) is 0 Å². The molecule has 0 saturated heterocycles.